The molecule has 0 unspecified atom stereocenters. The fourth-order valence-corrected chi connectivity index (χ4v) is 2.30. The summed E-state index contributed by atoms with van der Waals surface area (Å²) in [4.78, 5) is 11.6. The highest BCUT2D eigenvalue weighted by Crippen LogP contribution is 2.20. The topological polar surface area (TPSA) is 81.1 Å². The molecule has 1 saturated carbocycles. The van der Waals surface area contributed by atoms with Gasteiger partial charge >= 0.3 is 6.09 Å². The van der Waals surface area contributed by atoms with Gasteiger partial charge in [0.1, 0.15) is 17.8 Å². The summed E-state index contributed by atoms with van der Waals surface area (Å²) < 4.78 is 7.16. The fraction of sp³-hybridized carbons (Fsp3) is 0.786. The molecule has 2 rings (SSSR count). The summed E-state index contributed by atoms with van der Waals surface area (Å²) in [6.45, 7) is 6.47. The van der Waals surface area contributed by atoms with Gasteiger partial charge in [0, 0.05) is 32.1 Å². The van der Waals surface area contributed by atoms with Gasteiger partial charge in [-0.15, -0.1) is 10.2 Å². The van der Waals surface area contributed by atoms with Crippen molar-refractivity contribution in [1.82, 2.24) is 25.4 Å². The first kappa shape index (κ1) is 15.8. The van der Waals surface area contributed by atoms with Gasteiger partial charge in [0.05, 0.1) is 0 Å². The van der Waals surface area contributed by atoms with Gasteiger partial charge in [-0.2, -0.15) is 0 Å². The zero-order valence-corrected chi connectivity index (χ0v) is 13.2. The van der Waals surface area contributed by atoms with Crippen LogP contribution >= 0.6 is 0 Å². The van der Waals surface area contributed by atoms with Gasteiger partial charge in [-0.25, -0.2) is 4.79 Å². The number of carbonyl (C=O) groups excluding carboxylic acids is 1. The zero-order valence-electron chi connectivity index (χ0n) is 13.2. The average Bonchev–Trinajstić information content (AvgIpc) is 2.69. The molecule has 0 saturated heterocycles. The number of ether oxygens (including phenoxy) is 1. The number of hydrogen-bond acceptors (Lipinski definition) is 5. The monoisotopic (exact) mass is 295 g/mol. The first-order valence-electron chi connectivity index (χ1n) is 7.39. The lowest BCUT2D eigenvalue weighted by Crippen LogP contribution is -2.53. The molecule has 1 aromatic heterocycles. The van der Waals surface area contributed by atoms with E-state index in [0.717, 1.165) is 31.6 Å². The van der Waals surface area contributed by atoms with Gasteiger partial charge in [0.15, 0.2) is 0 Å². The van der Waals surface area contributed by atoms with Crippen molar-refractivity contribution < 1.29 is 9.53 Å². The van der Waals surface area contributed by atoms with Crippen molar-refractivity contribution in [2.24, 2.45) is 7.05 Å². The van der Waals surface area contributed by atoms with E-state index in [4.69, 9.17) is 4.74 Å². The van der Waals surface area contributed by atoms with Crippen LogP contribution in [0.3, 0.4) is 0 Å². The van der Waals surface area contributed by atoms with E-state index in [2.05, 4.69) is 20.8 Å². The molecule has 118 valence electrons. The van der Waals surface area contributed by atoms with Gasteiger partial charge < -0.3 is 19.9 Å². The predicted molar refractivity (Wildman–Crippen MR) is 78.9 cm³/mol. The third kappa shape index (κ3) is 5.00. The number of nitrogens with one attached hydrogen (secondary N) is 2. The Morgan fingerprint density at radius 1 is 1.43 bits per heavy atom. The highest BCUT2D eigenvalue weighted by molar-refractivity contribution is 5.68. The molecular weight excluding hydrogens is 270 g/mol. The third-order valence-electron chi connectivity index (χ3n) is 3.45. The predicted octanol–water partition coefficient (Wildman–Crippen LogP) is 1.00. The van der Waals surface area contributed by atoms with Gasteiger partial charge in [0.2, 0.25) is 0 Å². The Kier molecular flexibility index (Phi) is 4.82. The molecule has 1 aromatic rings. The number of aromatic nitrogens is 3. The first-order chi connectivity index (χ1) is 9.83. The molecule has 1 aliphatic carbocycles. The largest absolute Gasteiger partial charge is 0.444 e. The van der Waals surface area contributed by atoms with E-state index in [-0.39, 0.29) is 12.1 Å². The smallest absolute Gasteiger partial charge is 0.407 e. The Morgan fingerprint density at radius 3 is 2.71 bits per heavy atom. The van der Waals surface area contributed by atoms with Crippen LogP contribution in [0.15, 0.2) is 6.33 Å². The van der Waals surface area contributed by atoms with Crippen LogP contribution in [-0.2, 0) is 18.2 Å². The molecule has 1 fully saturated rings. The minimum atomic E-state index is -0.443. The van der Waals surface area contributed by atoms with E-state index in [9.17, 15) is 4.79 Å². The van der Waals surface area contributed by atoms with E-state index >= 15 is 0 Å². The highest BCUT2D eigenvalue weighted by Gasteiger charge is 2.31. The SMILES string of the molecule is Cn1cnnc1CCNC1CC(NC(=O)OC(C)(C)C)C1. The summed E-state index contributed by atoms with van der Waals surface area (Å²) in [6, 6.07) is 0.672. The lowest BCUT2D eigenvalue weighted by molar-refractivity contribution is 0.0465. The quantitative estimate of drug-likeness (QED) is 0.847. The Hall–Kier alpha value is -1.63. The lowest BCUT2D eigenvalue weighted by atomic mass is 9.87. The second kappa shape index (κ2) is 6.43. The van der Waals surface area contributed by atoms with E-state index in [1.807, 2.05) is 32.4 Å². The molecule has 0 aliphatic heterocycles. The molecule has 0 bridgehead atoms. The molecule has 7 nitrogen and oxygen atoms in total. The third-order valence-corrected chi connectivity index (χ3v) is 3.45. The Bertz CT molecular complexity index is 474. The molecule has 7 heteroatoms. The first-order valence-corrected chi connectivity index (χ1v) is 7.39. The van der Waals surface area contributed by atoms with Crippen molar-refractivity contribution >= 4 is 6.09 Å². The van der Waals surface area contributed by atoms with Crippen molar-refractivity contribution in [1.29, 1.82) is 0 Å². The van der Waals surface area contributed by atoms with Gasteiger partial charge in [-0.05, 0) is 33.6 Å². The number of carbonyl (C=O) groups is 1. The molecule has 1 heterocycles. The van der Waals surface area contributed by atoms with Crippen LogP contribution in [0.5, 0.6) is 0 Å². The van der Waals surface area contributed by atoms with E-state index in [1.165, 1.54) is 0 Å². The maximum Gasteiger partial charge on any atom is 0.407 e. The highest BCUT2D eigenvalue weighted by atomic mass is 16.6. The normalized spacial score (nSPS) is 21.7. The van der Waals surface area contributed by atoms with E-state index in [0.29, 0.717) is 6.04 Å². The van der Waals surface area contributed by atoms with Crippen molar-refractivity contribution in [2.75, 3.05) is 6.54 Å². The second-order valence-corrected chi connectivity index (χ2v) is 6.57. The maximum atomic E-state index is 11.6. The fourth-order valence-electron chi connectivity index (χ4n) is 2.30. The summed E-state index contributed by atoms with van der Waals surface area (Å²) in [5.74, 6) is 0.977. The molecule has 0 radical (unpaired) electrons. The minimum Gasteiger partial charge on any atom is -0.444 e. The van der Waals surface area contributed by atoms with Gasteiger partial charge in [0.25, 0.3) is 0 Å². The van der Waals surface area contributed by atoms with E-state index < -0.39 is 5.60 Å². The van der Waals surface area contributed by atoms with Crippen molar-refractivity contribution in [3.05, 3.63) is 12.2 Å². The molecular formula is C14H25N5O2. The number of amides is 1. The van der Waals surface area contributed by atoms with Crippen LogP contribution in [0.4, 0.5) is 4.79 Å². The molecule has 1 amide bonds. The van der Waals surface area contributed by atoms with Gasteiger partial charge in [-0.3, -0.25) is 0 Å². The Balaban J connectivity index is 1.57. The lowest BCUT2D eigenvalue weighted by Gasteiger charge is -2.36. The molecule has 21 heavy (non-hydrogen) atoms. The van der Waals surface area contributed by atoms with Crippen molar-refractivity contribution in [3.63, 3.8) is 0 Å². The van der Waals surface area contributed by atoms with Crippen LogP contribution in [0, 0.1) is 0 Å². The molecule has 0 spiro atoms. The summed E-state index contributed by atoms with van der Waals surface area (Å²) in [5.41, 5.74) is -0.443. The zero-order chi connectivity index (χ0) is 15.5. The average molecular weight is 295 g/mol. The minimum absolute atomic E-state index is 0.215. The van der Waals surface area contributed by atoms with Crippen LogP contribution in [0.25, 0.3) is 0 Å². The number of alkyl carbamates (subject to hydrolysis) is 1. The number of aryl methyl sites for hydroxylation is 1. The summed E-state index contributed by atoms with van der Waals surface area (Å²) >= 11 is 0. The number of rotatable bonds is 5. The van der Waals surface area contributed by atoms with Crippen LogP contribution < -0.4 is 10.6 Å². The summed E-state index contributed by atoms with van der Waals surface area (Å²) in [5, 5.41) is 14.2. The van der Waals surface area contributed by atoms with Crippen molar-refractivity contribution in [3.8, 4) is 0 Å². The van der Waals surface area contributed by atoms with Crippen molar-refractivity contribution in [2.45, 2.75) is 57.7 Å². The number of nitrogens with zero attached hydrogens (tertiary/aromatic N) is 3. The van der Waals surface area contributed by atoms with Crippen LogP contribution in [-0.4, -0.2) is 45.1 Å². The molecule has 0 aromatic carbocycles. The van der Waals surface area contributed by atoms with Crippen LogP contribution in [0.1, 0.15) is 39.4 Å². The standard InChI is InChI=1S/C14H25N5O2/c1-14(2,3)21-13(20)17-11-7-10(8-11)15-6-5-12-18-16-9-19(12)4/h9-11,15H,5-8H2,1-4H3,(H,17,20). The summed E-state index contributed by atoms with van der Waals surface area (Å²) in [7, 11) is 1.94. The Morgan fingerprint density at radius 2 is 2.14 bits per heavy atom. The maximum absolute atomic E-state index is 11.6. The molecule has 1 aliphatic rings. The molecule has 2 N–H and O–H groups in total. The van der Waals surface area contributed by atoms with Gasteiger partial charge in [-0.1, -0.05) is 0 Å². The Labute approximate surface area is 125 Å². The number of hydrogen-bond donors (Lipinski definition) is 2. The van der Waals surface area contributed by atoms with E-state index in [1.54, 1.807) is 6.33 Å². The van der Waals surface area contributed by atoms with Crippen LogP contribution in [0.2, 0.25) is 0 Å². The second-order valence-electron chi connectivity index (χ2n) is 6.57. The summed E-state index contributed by atoms with van der Waals surface area (Å²) in [6.07, 6.45) is 4.12. The molecule has 0 atom stereocenters.